The molecular formula is C11H13BrO. The first kappa shape index (κ1) is 10.5. The monoisotopic (exact) mass is 240 g/mol. The Balaban J connectivity index is 2.87. The van der Waals surface area contributed by atoms with Crippen LogP contribution in [0, 0.1) is 6.92 Å². The predicted octanol–water partition coefficient (Wildman–Crippen LogP) is 3.14. The maximum Gasteiger partial charge on any atom is 0.150 e. The number of hydrogen-bond donors (Lipinski definition) is 0. The van der Waals surface area contributed by atoms with Crippen molar-refractivity contribution in [2.24, 2.45) is 0 Å². The van der Waals surface area contributed by atoms with Gasteiger partial charge in [0.1, 0.15) is 6.29 Å². The number of alkyl halides is 1. The summed E-state index contributed by atoms with van der Waals surface area (Å²) >= 11 is 3.40. The minimum atomic E-state index is 0.812. The van der Waals surface area contributed by atoms with Crippen molar-refractivity contribution in [3.8, 4) is 0 Å². The highest BCUT2D eigenvalue weighted by atomic mass is 79.9. The average Bonchev–Trinajstić information content (AvgIpc) is 2.16. The smallest absolute Gasteiger partial charge is 0.150 e. The molecule has 0 amide bonds. The summed E-state index contributed by atoms with van der Waals surface area (Å²) in [6, 6.07) is 5.89. The van der Waals surface area contributed by atoms with Crippen LogP contribution in [0.1, 0.15) is 27.9 Å². The zero-order valence-corrected chi connectivity index (χ0v) is 9.30. The number of rotatable bonds is 4. The van der Waals surface area contributed by atoms with Crippen LogP contribution in [-0.2, 0) is 6.42 Å². The SMILES string of the molecule is Cc1c(C=O)cccc1CCCBr. The molecule has 13 heavy (non-hydrogen) atoms. The van der Waals surface area contributed by atoms with Gasteiger partial charge in [-0.25, -0.2) is 0 Å². The molecule has 0 spiro atoms. The Hall–Kier alpha value is -0.630. The zero-order valence-electron chi connectivity index (χ0n) is 7.72. The molecule has 70 valence electrons. The summed E-state index contributed by atoms with van der Waals surface area (Å²) in [6.45, 7) is 2.01. The van der Waals surface area contributed by atoms with Gasteiger partial charge in [-0.05, 0) is 30.9 Å². The topological polar surface area (TPSA) is 17.1 Å². The van der Waals surface area contributed by atoms with Crippen molar-refractivity contribution < 1.29 is 4.79 Å². The largest absolute Gasteiger partial charge is 0.298 e. The molecule has 1 aromatic rings. The predicted molar refractivity (Wildman–Crippen MR) is 58.7 cm³/mol. The molecule has 1 aromatic carbocycles. The molecule has 0 aromatic heterocycles. The second-order valence-corrected chi connectivity index (χ2v) is 3.83. The third kappa shape index (κ3) is 2.66. The molecule has 0 saturated heterocycles. The standard InChI is InChI=1S/C11H13BrO/c1-9-10(6-3-7-12)4-2-5-11(9)8-13/h2,4-5,8H,3,6-7H2,1H3. The third-order valence-electron chi connectivity index (χ3n) is 2.19. The van der Waals surface area contributed by atoms with Crippen LogP contribution in [0.25, 0.3) is 0 Å². The number of benzene rings is 1. The average molecular weight is 241 g/mol. The Labute approximate surface area is 87.3 Å². The second kappa shape index (κ2) is 5.18. The molecular weight excluding hydrogens is 228 g/mol. The van der Waals surface area contributed by atoms with Gasteiger partial charge in [0.25, 0.3) is 0 Å². The van der Waals surface area contributed by atoms with Gasteiger partial charge in [0, 0.05) is 10.9 Å². The number of carbonyl (C=O) groups is 1. The van der Waals surface area contributed by atoms with E-state index in [4.69, 9.17) is 0 Å². The molecule has 0 aliphatic heterocycles. The number of aryl methyl sites for hydroxylation is 1. The summed E-state index contributed by atoms with van der Waals surface area (Å²) in [5.74, 6) is 0. The number of aldehydes is 1. The van der Waals surface area contributed by atoms with Gasteiger partial charge in [0.05, 0.1) is 0 Å². The quantitative estimate of drug-likeness (QED) is 0.584. The Morgan fingerprint density at radius 3 is 2.85 bits per heavy atom. The van der Waals surface area contributed by atoms with E-state index >= 15 is 0 Å². The van der Waals surface area contributed by atoms with Crippen molar-refractivity contribution in [3.05, 3.63) is 34.9 Å². The number of halogens is 1. The maximum atomic E-state index is 10.6. The van der Waals surface area contributed by atoms with E-state index < -0.39 is 0 Å². The Kier molecular flexibility index (Phi) is 4.16. The molecule has 1 rings (SSSR count). The molecule has 0 unspecified atom stereocenters. The minimum Gasteiger partial charge on any atom is -0.298 e. The number of hydrogen-bond acceptors (Lipinski definition) is 1. The van der Waals surface area contributed by atoms with Gasteiger partial charge in [0.2, 0.25) is 0 Å². The van der Waals surface area contributed by atoms with E-state index in [1.807, 2.05) is 19.1 Å². The summed E-state index contributed by atoms with van der Waals surface area (Å²) in [5.41, 5.74) is 3.22. The highest BCUT2D eigenvalue weighted by Crippen LogP contribution is 2.14. The Morgan fingerprint density at radius 1 is 1.46 bits per heavy atom. The lowest BCUT2D eigenvalue weighted by Crippen LogP contribution is -1.94. The molecule has 0 atom stereocenters. The van der Waals surface area contributed by atoms with Crippen molar-refractivity contribution in [2.45, 2.75) is 19.8 Å². The first-order chi connectivity index (χ1) is 6.29. The zero-order chi connectivity index (χ0) is 9.68. The second-order valence-electron chi connectivity index (χ2n) is 3.04. The first-order valence-corrected chi connectivity index (χ1v) is 5.51. The van der Waals surface area contributed by atoms with Crippen LogP contribution in [0.4, 0.5) is 0 Å². The lowest BCUT2D eigenvalue weighted by molar-refractivity contribution is 0.112. The van der Waals surface area contributed by atoms with Gasteiger partial charge in [0.15, 0.2) is 0 Å². The summed E-state index contributed by atoms with van der Waals surface area (Å²) in [7, 11) is 0. The van der Waals surface area contributed by atoms with Crippen molar-refractivity contribution in [1.29, 1.82) is 0 Å². The molecule has 2 heteroatoms. The third-order valence-corrected chi connectivity index (χ3v) is 2.76. The van der Waals surface area contributed by atoms with Crippen LogP contribution in [0.15, 0.2) is 18.2 Å². The van der Waals surface area contributed by atoms with Gasteiger partial charge < -0.3 is 0 Å². The van der Waals surface area contributed by atoms with Crippen LogP contribution < -0.4 is 0 Å². The fraction of sp³-hybridized carbons (Fsp3) is 0.364. The fourth-order valence-electron chi connectivity index (χ4n) is 1.36. The normalized spacial score (nSPS) is 10.0. The van der Waals surface area contributed by atoms with Gasteiger partial charge in [-0.2, -0.15) is 0 Å². The van der Waals surface area contributed by atoms with Gasteiger partial charge in [-0.1, -0.05) is 34.1 Å². The molecule has 0 heterocycles. The molecule has 0 saturated carbocycles. The summed E-state index contributed by atoms with van der Waals surface area (Å²) in [6.07, 6.45) is 3.08. The summed E-state index contributed by atoms with van der Waals surface area (Å²) < 4.78 is 0. The van der Waals surface area contributed by atoms with Crippen molar-refractivity contribution in [3.63, 3.8) is 0 Å². The van der Waals surface area contributed by atoms with Gasteiger partial charge in [-0.3, -0.25) is 4.79 Å². The first-order valence-electron chi connectivity index (χ1n) is 4.39. The Morgan fingerprint density at radius 2 is 2.23 bits per heavy atom. The molecule has 0 bridgehead atoms. The van der Waals surface area contributed by atoms with Crippen LogP contribution in [0.3, 0.4) is 0 Å². The van der Waals surface area contributed by atoms with Crippen LogP contribution in [0.5, 0.6) is 0 Å². The van der Waals surface area contributed by atoms with E-state index in [2.05, 4.69) is 22.0 Å². The van der Waals surface area contributed by atoms with E-state index in [1.165, 1.54) is 5.56 Å². The van der Waals surface area contributed by atoms with Crippen molar-refractivity contribution in [1.82, 2.24) is 0 Å². The molecule has 0 N–H and O–H groups in total. The maximum absolute atomic E-state index is 10.6. The van der Waals surface area contributed by atoms with E-state index in [1.54, 1.807) is 0 Å². The highest BCUT2D eigenvalue weighted by molar-refractivity contribution is 9.09. The van der Waals surface area contributed by atoms with Crippen LogP contribution in [0.2, 0.25) is 0 Å². The van der Waals surface area contributed by atoms with E-state index in [-0.39, 0.29) is 0 Å². The van der Waals surface area contributed by atoms with Crippen LogP contribution in [-0.4, -0.2) is 11.6 Å². The molecule has 0 aliphatic rings. The summed E-state index contributed by atoms with van der Waals surface area (Å²) in [4.78, 5) is 10.6. The van der Waals surface area contributed by atoms with Crippen molar-refractivity contribution in [2.75, 3.05) is 5.33 Å². The van der Waals surface area contributed by atoms with E-state index in [0.717, 1.165) is 35.6 Å². The van der Waals surface area contributed by atoms with Crippen LogP contribution >= 0.6 is 15.9 Å². The van der Waals surface area contributed by atoms with Gasteiger partial charge in [-0.15, -0.1) is 0 Å². The lowest BCUT2D eigenvalue weighted by Gasteiger charge is -2.06. The minimum absolute atomic E-state index is 0.812. The number of carbonyl (C=O) groups excluding carboxylic acids is 1. The summed E-state index contributed by atoms with van der Waals surface area (Å²) in [5, 5.41) is 1.01. The fourth-order valence-corrected chi connectivity index (χ4v) is 1.64. The lowest BCUT2D eigenvalue weighted by atomic mass is 10.00. The molecule has 0 aliphatic carbocycles. The molecule has 0 radical (unpaired) electrons. The van der Waals surface area contributed by atoms with E-state index in [0.29, 0.717) is 0 Å². The van der Waals surface area contributed by atoms with Gasteiger partial charge >= 0.3 is 0 Å². The molecule has 1 nitrogen and oxygen atoms in total. The molecule has 0 fully saturated rings. The highest BCUT2D eigenvalue weighted by Gasteiger charge is 2.01. The van der Waals surface area contributed by atoms with Crippen molar-refractivity contribution >= 4 is 22.2 Å². The Bertz CT molecular complexity index is 294. The van der Waals surface area contributed by atoms with E-state index in [9.17, 15) is 4.79 Å².